The van der Waals surface area contributed by atoms with Gasteiger partial charge >= 0.3 is 0 Å². The Morgan fingerprint density at radius 2 is 2.24 bits per heavy atom. The van der Waals surface area contributed by atoms with Gasteiger partial charge in [0.25, 0.3) is 0 Å². The molecule has 4 nitrogen and oxygen atoms in total. The lowest BCUT2D eigenvalue weighted by atomic mass is 10.1. The van der Waals surface area contributed by atoms with Gasteiger partial charge in [0.15, 0.2) is 0 Å². The molecule has 1 aliphatic rings. The zero-order valence-corrected chi connectivity index (χ0v) is 9.58. The SMILES string of the molecule is NCc1ccc(N2CCNC(=O)CC2)cc1F. The minimum absolute atomic E-state index is 0.0477. The van der Waals surface area contributed by atoms with Crippen LogP contribution in [-0.4, -0.2) is 25.5 Å². The number of anilines is 1. The van der Waals surface area contributed by atoms with Gasteiger partial charge in [-0.2, -0.15) is 0 Å². The number of nitrogens with zero attached hydrogens (tertiary/aromatic N) is 1. The van der Waals surface area contributed by atoms with Crippen LogP contribution in [0.5, 0.6) is 0 Å². The summed E-state index contributed by atoms with van der Waals surface area (Å²) >= 11 is 0. The van der Waals surface area contributed by atoms with Crippen molar-refractivity contribution in [2.75, 3.05) is 24.5 Å². The highest BCUT2D eigenvalue weighted by atomic mass is 19.1. The lowest BCUT2D eigenvalue weighted by Gasteiger charge is -2.22. The van der Waals surface area contributed by atoms with Crippen LogP contribution >= 0.6 is 0 Å². The number of benzene rings is 1. The molecule has 1 aliphatic heterocycles. The van der Waals surface area contributed by atoms with Gasteiger partial charge in [0, 0.05) is 43.9 Å². The summed E-state index contributed by atoms with van der Waals surface area (Å²) in [6.07, 6.45) is 0.445. The molecule has 1 saturated heterocycles. The van der Waals surface area contributed by atoms with Crippen molar-refractivity contribution in [2.24, 2.45) is 5.73 Å². The van der Waals surface area contributed by atoms with Crippen LogP contribution < -0.4 is 16.0 Å². The van der Waals surface area contributed by atoms with Gasteiger partial charge in [-0.1, -0.05) is 6.07 Å². The maximum Gasteiger partial charge on any atom is 0.221 e. The van der Waals surface area contributed by atoms with Crippen molar-refractivity contribution in [3.8, 4) is 0 Å². The van der Waals surface area contributed by atoms with Crippen molar-refractivity contribution in [2.45, 2.75) is 13.0 Å². The largest absolute Gasteiger partial charge is 0.369 e. The molecule has 1 heterocycles. The molecule has 17 heavy (non-hydrogen) atoms. The fourth-order valence-corrected chi connectivity index (χ4v) is 1.92. The molecular weight excluding hydrogens is 221 g/mol. The van der Waals surface area contributed by atoms with Crippen LogP contribution in [0.4, 0.5) is 10.1 Å². The first-order chi connectivity index (χ1) is 8.20. The molecular formula is C12H16FN3O. The molecule has 92 valence electrons. The van der Waals surface area contributed by atoms with Gasteiger partial charge in [-0.25, -0.2) is 4.39 Å². The fraction of sp³-hybridized carbons (Fsp3) is 0.417. The quantitative estimate of drug-likeness (QED) is 0.792. The molecule has 0 aliphatic carbocycles. The molecule has 1 fully saturated rings. The molecule has 5 heteroatoms. The van der Waals surface area contributed by atoms with Crippen molar-refractivity contribution < 1.29 is 9.18 Å². The van der Waals surface area contributed by atoms with Gasteiger partial charge in [-0.05, 0) is 12.1 Å². The summed E-state index contributed by atoms with van der Waals surface area (Å²) in [4.78, 5) is 13.2. The molecule has 1 aromatic rings. The van der Waals surface area contributed by atoms with Gasteiger partial charge in [0.05, 0.1) is 0 Å². The van der Waals surface area contributed by atoms with Crippen LogP contribution in [0.25, 0.3) is 0 Å². The summed E-state index contributed by atoms with van der Waals surface area (Å²) in [6, 6.07) is 5.03. The molecule has 0 bridgehead atoms. The monoisotopic (exact) mass is 237 g/mol. The van der Waals surface area contributed by atoms with Crippen molar-refractivity contribution in [1.82, 2.24) is 5.32 Å². The predicted molar refractivity (Wildman–Crippen MR) is 64.1 cm³/mol. The van der Waals surface area contributed by atoms with Gasteiger partial charge in [0.1, 0.15) is 5.82 Å². The van der Waals surface area contributed by atoms with Crippen LogP contribution in [0.1, 0.15) is 12.0 Å². The number of rotatable bonds is 2. The van der Waals surface area contributed by atoms with Crippen molar-refractivity contribution >= 4 is 11.6 Å². The van der Waals surface area contributed by atoms with E-state index in [1.165, 1.54) is 6.07 Å². The molecule has 0 saturated carbocycles. The molecule has 3 N–H and O–H groups in total. The Morgan fingerprint density at radius 3 is 2.94 bits per heavy atom. The predicted octanol–water partition coefficient (Wildman–Crippen LogP) is 0.611. The van der Waals surface area contributed by atoms with E-state index >= 15 is 0 Å². The van der Waals surface area contributed by atoms with E-state index in [1.807, 2.05) is 11.0 Å². The van der Waals surface area contributed by atoms with E-state index in [2.05, 4.69) is 5.32 Å². The molecule has 1 amide bonds. The summed E-state index contributed by atoms with van der Waals surface area (Å²) in [5.41, 5.74) is 6.73. The van der Waals surface area contributed by atoms with E-state index in [0.29, 0.717) is 31.6 Å². The van der Waals surface area contributed by atoms with E-state index in [0.717, 1.165) is 5.69 Å². The number of carbonyl (C=O) groups is 1. The smallest absolute Gasteiger partial charge is 0.221 e. The Morgan fingerprint density at radius 1 is 1.41 bits per heavy atom. The lowest BCUT2D eigenvalue weighted by molar-refractivity contribution is -0.120. The Bertz CT molecular complexity index is 422. The summed E-state index contributed by atoms with van der Waals surface area (Å²) in [7, 11) is 0. The molecule has 0 atom stereocenters. The van der Waals surface area contributed by atoms with E-state index in [4.69, 9.17) is 5.73 Å². The van der Waals surface area contributed by atoms with E-state index in [1.54, 1.807) is 6.07 Å². The van der Waals surface area contributed by atoms with Gasteiger partial charge in [-0.3, -0.25) is 4.79 Å². The maximum atomic E-state index is 13.6. The number of nitrogens with two attached hydrogens (primary N) is 1. The zero-order chi connectivity index (χ0) is 12.3. The van der Waals surface area contributed by atoms with Crippen LogP contribution in [0, 0.1) is 5.82 Å². The molecule has 0 spiro atoms. The average molecular weight is 237 g/mol. The molecule has 0 unspecified atom stereocenters. The van der Waals surface area contributed by atoms with Gasteiger partial charge in [-0.15, -0.1) is 0 Å². The zero-order valence-electron chi connectivity index (χ0n) is 9.58. The van der Waals surface area contributed by atoms with Gasteiger partial charge in [0.2, 0.25) is 5.91 Å². The third kappa shape index (κ3) is 2.74. The Kier molecular flexibility index (Phi) is 3.58. The average Bonchev–Trinajstić information content (AvgIpc) is 2.54. The number of hydrogen-bond acceptors (Lipinski definition) is 3. The van der Waals surface area contributed by atoms with Gasteiger partial charge < -0.3 is 16.0 Å². The molecule has 0 aromatic heterocycles. The topological polar surface area (TPSA) is 58.4 Å². The minimum atomic E-state index is -0.284. The van der Waals surface area contributed by atoms with E-state index < -0.39 is 0 Å². The Balaban J connectivity index is 2.16. The van der Waals surface area contributed by atoms with Crippen LogP contribution in [0.15, 0.2) is 18.2 Å². The summed E-state index contributed by atoms with van der Waals surface area (Å²) in [5, 5.41) is 2.79. The third-order valence-corrected chi connectivity index (χ3v) is 2.93. The molecule has 1 aromatic carbocycles. The first-order valence-electron chi connectivity index (χ1n) is 5.71. The number of hydrogen-bond donors (Lipinski definition) is 2. The highest BCUT2D eigenvalue weighted by molar-refractivity contribution is 5.77. The van der Waals surface area contributed by atoms with Crippen LogP contribution in [0.2, 0.25) is 0 Å². The fourth-order valence-electron chi connectivity index (χ4n) is 1.92. The highest BCUT2D eigenvalue weighted by Crippen LogP contribution is 2.19. The second-order valence-corrected chi connectivity index (χ2v) is 4.07. The second-order valence-electron chi connectivity index (χ2n) is 4.07. The molecule has 0 radical (unpaired) electrons. The standard InChI is InChI=1S/C12H16FN3O/c13-11-7-10(2-1-9(11)8-14)16-5-3-12(17)15-4-6-16/h1-2,7H,3-6,8,14H2,(H,15,17). The summed E-state index contributed by atoms with van der Waals surface area (Å²) < 4.78 is 13.6. The van der Waals surface area contributed by atoms with Crippen molar-refractivity contribution in [3.05, 3.63) is 29.6 Å². The second kappa shape index (κ2) is 5.14. The number of halogens is 1. The lowest BCUT2D eigenvalue weighted by Crippen LogP contribution is -2.28. The first kappa shape index (κ1) is 11.9. The normalized spacial score (nSPS) is 16.6. The summed E-state index contributed by atoms with van der Waals surface area (Å²) in [5.74, 6) is -0.236. The summed E-state index contributed by atoms with van der Waals surface area (Å²) in [6.45, 7) is 2.12. The molecule has 2 rings (SSSR count). The Hall–Kier alpha value is -1.62. The Labute approximate surface area is 99.6 Å². The number of amides is 1. The number of carbonyl (C=O) groups excluding carboxylic acids is 1. The van der Waals surface area contributed by atoms with Crippen molar-refractivity contribution in [3.63, 3.8) is 0 Å². The van der Waals surface area contributed by atoms with E-state index in [-0.39, 0.29) is 18.3 Å². The maximum absolute atomic E-state index is 13.6. The van der Waals surface area contributed by atoms with E-state index in [9.17, 15) is 9.18 Å². The minimum Gasteiger partial charge on any atom is -0.369 e. The first-order valence-corrected chi connectivity index (χ1v) is 5.71. The van der Waals surface area contributed by atoms with Crippen molar-refractivity contribution in [1.29, 1.82) is 0 Å². The third-order valence-electron chi connectivity index (χ3n) is 2.93. The number of nitrogens with one attached hydrogen (secondary N) is 1. The highest BCUT2D eigenvalue weighted by Gasteiger charge is 2.14. The van der Waals surface area contributed by atoms with Crippen LogP contribution in [0.3, 0.4) is 0 Å². The van der Waals surface area contributed by atoms with Crippen LogP contribution in [-0.2, 0) is 11.3 Å².